The van der Waals surface area contributed by atoms with E-state index >= 15 is 0 Å². The molecule has 0 aromatic heterocycles. The number of carbonyl (C=O) groups is 1. The molecule has 0 aromatic carbocycles. The Labute approximate surface area is 148 Å². The van der Waals surface area contributed by atoms with Crippen LogP contribution in [0.2, 0.25) is 18.1 Å². The van der Waals surface area contributed by atoms with Crippen molar-refractivity contribution in [3.8, 4) is 0 Å². The minimum Gasteiger partial charge on any atom is -0.465 e. The van der Waals surface area contributed by atoms with Gasteiger partial charge in [0.2, 0.25) is 0 Å². The molecule has 1 saturated heterocycles. The Balaban J connectivity index is 2.91. The number of nitrogens with zero attached hydrogens (tertiary/aromatic N) is 1. The molecule has 142 valence electrons. The van der Waals surface area contributed by atoms with Crippen molar-refractivity contribution in [3.05, 3.63) is 0 Å². The van der Waals surface area contributed by atoms with Crippen molar-refractivity contribution in [1.82, 2.24) is 4.90 Å². The summed E-state index contributed by atoms with van der Waals surface area (Å²) < 4.78 is 11.8. The highest BCUT2D eigenvalue weighted by atomic mass is 28.4. The van der Waals surface area contributed by atoms with E-state index in [1.165, 1.54) is 0 Å². The van der Waals surface area contributed by atoms with Gasteiger partial charge < -0.3 is 19.2 Å². The molecule has 0 spiro atoms. The summed E-state index contributed by atoms with van der Waals surface area (Å²) in [5.74, 6) is 0.444. The second-order valence-electron chi connectivity index (χ2n) is 8.60. The minimum absolute atomic E-state index is 0.0485. The van der Waals surface area contributed by atoms with Crippen LogP contribution in [0.4, 0.5) is 4.79 Å². The average molecular weight is 360 g/mol. The van der Waals surface area contributed by atoms with Crippen LogP contribution in [0.1, 0.15) is 47.0 Å². The van der Waals surface area contributed by atoms with E-state index in [0.717, 1.165) is 19.3 Å². The van der Waals surface area contributed by atoms with Crippen LogP contribution in [0, 0.1) is 11.8 Å². The number of rotatable bonds is 8. The van der Waals surface area contributed by atoms with Crippen molar-refractivity contribution in [1.29, 1.82) is 0 Å². The largest absolute Gasteiger partial charge is 0.465 e. The molecule has 1 fully saturated rings. The molecule has 1 rings (SSSR count). The molecule has 6 heteroatoms. The van der Waals surface area contributed by atoms with Gasteiger partial charge >= 0.3 is 6.09 Å². The Kier molecular flexibility index (Phi) is 7.75. The molecule has 1 N–H and O–H groups in total. The van der Waals surface area contributed by atoms with Gasteiger partial charge in [-0.2, -0.15) is 0 Å². The summed E-state index contributed by atoms with van der Waals surface area (Å²) >= 11 is 0. The van der Waals surface area contributed by atoms with Gasteiger partial charge in [-0.05, 0) is 24.6 Å². The maximum Gasteiger partial charge on any atom is 0.407 e. The number of carboxylic acid groups (broad SMARTS) is 1. The Morgan fingerprint density at radius 3 is 2.38 bits per heavy atom. The average Bonchev–Trinajstić information content (AvgIpc) is 2.80. The molecule has 1 amide bonds. The minimum atomic E-state index is -1.84. The van der Waals surface area contributed by atoms with Crippen LogP contribution in [0.25, 0.3) is 0 Å². The second kappa shape index (κ2) is 8.67. The van der Waals surface area contributed by atoms with Crippen molar-refractivity contribution >= 4 is 14.4 Å². The predicted octanol–water partition coefficient (Wildman–Crippen LogP) is 4.44. The molecular formula is C18H37NO4Si. The van der Waals surface area contributed by atoms with Crippen molar-refractivity contribution in [2.45, 2.75) is 71.1 Å². The van der Waals surface area contributed by atoms with Crippen molar-refractivity contribution in [3.63, 3.8) is 0 Å². The number of amides is 1. The molecular weight excluding hydrogens is 322 g/mol. The lowest BCUT2D eigenvalue weighted by atomic mass is 9.89. The monoisotopic (exact) mass is 359 g/mol. The van der Waals surface area contributed by atoms with Crippen LogP contribution in [0.15, 0.2) is 0 Å². The summed E-state index contributed by atoms with van der Waals surface area (Å²) in [6.07, 6.45) is 2.22. The van der Waals surface area contributed by atoms with Crippen molar-refractivity contribution < 1.29 is 19.1 Å². The first kappa shape index (κ1) is 21.4. The molecule has 0 bridgehead atoms. The van der Waals surface area contributed by atoms with E-state index in [4.69, 9.17) is 9.16 Å². The third-order valence-corrected chi connectivity index (χ3v) is 10.4. The zero-order valence-corrected chi connectivity index (χ0v) is 17.6. The quantitative estimate of drug-likeness (QED) is 0.651. The Morgan fingerprint density at radius 2 is 1.92 bits per heavy atom. The molecule has 1 heterocycles. The first-order chi connectivity index (χ1) is 11.0. The molecule has 1 aliphatic rings. The number of unbranched alkanes of at least 4 members (excludes halogenated alkanes) is 1. The van der Waals surface area contributed by atoms with Gasteiger partial charge in [0.05, 0.1) is 6.61 Å². The first-order valence-electron chi connectivity index (χ1n) is 9.17. The maximum atomic E-state index is 11.7. The second-order valence-corrected chi connectivity index (χ2v) is 13.4. The smallest absolute Gasteiger partial charge is 0.407 e. The van der Waals surface area contributed by atoms with Crippen LogP contribution in [-0.4, -0.2) is 57.3 Å². The lowest BCUT2D eigenvalue weighted by molar-refractivity contribution is 0.103. The SMILES string of the molecule is CCCCC1C(CO[Si](C)(C)C(C)(C)C)C(COC)CN1C(=O)O. The molecule has 0 radical (unpaired) electrons. The Hall–Kier alpha value is -0.593. The summed E-state index contributed by atoms with van der Waals surface area (Å²) in [4.78, 5) is 13.3. The summed E-state index contributed by atoms with van der Waals surface area (Å²) in [6, 6.07) is 0.0485. The third kappa shape index (κ3) is 5.20. The van der Waals surface area contributed by atoms with Gasteiger partial charge in [0.25, 0.3) is 0 Å². The highest BCUT2D eigenvalue weighted by Gasteiger charge is 2.45. The van der Waals surface area contributed by atoms with Crippen LogP contribution < -0.4 is 0 Å². The number of ether oxygens (including phenoxy) is 1. The summed E-state index contributed by atoms with van der Waals surface area (Å²) in [5, 5.41) is 9.76. The Morgan fingerprint density at radius 1 is 1.29 bits per heavy atom. The van der Waals surface area contributed by atoms with Gasteiger partial charge in [0, 0.05) is 38.1 Å². The molecule has 0 aromatic rings. The standard InChI is InChI=1S/C18H37NO4Si/c1-8-9-10-16-15(13-23-24(6,7)18(2,3)4)14(12-22-5)11-19(16)17(20)21/h14-16H,8-13H2,1-7H3,(H,20,21). The fourth-order valence-electron chi connectivity index (χ4n) is 3.23. The Bertz CT molecular complexity index is 408. The molecule has 1 aliphatic heterocycles. The lowest BCUT2D eigenvalue weighted by Crippen LogP contribution is -2.44. The normalized spacial score (nSPS) is 25.3. The summed E-state index contributed by atoms with van der Waals surface area (Å²) in [6.45, 7) is 15.2. The van der Waals surface area contributed by atoms with E-state index in [-0.39, 0.29) is 22.9 Å². The predicted molar refractivity (Wildman–Crippen MR) is 100 cm³/mol. The number of methoxy groups -OCH3 is 1. The van der Waals surface area contributed by atoms with Gasteiger partial charge in [-0.15, -0.1) is 0 Å². The van der Waals surface area contributed by atoms with E-state index in [0.29, 0.717) is 19.8 Å². The summed E-state index contributed by atoms with van der Waals surface area (Å²) in [7, 11) is -0.151. The maximum absolute atomic E-state index is 11.7. The van der Waals surface area contributed by atoms with E-state index in [9.17, 15) is 9.90 Å². The van der Waals surface area contributed by atoms with Gasteiger partial charge in [-0.1, -0.05) is 40.5 Å². The van der Waals surface area contributed by atoms with Gasteiger partial charge in [-0.3, -0.25) is 0 Å². The van der Waals surface area contributed by atoms with E-state index in [1.54, 1.807) is 12.0 Å². The fraction of sp³-hybridized carbons (Fsp3) is 0.944. The number of hydrogen-bond donors (Lipinski definition) is 1. The highest BCUT2D eigenvalue weighted by Crippen LogP contribution is 2.39. The lowest BCUT2D eigenvalue weighted by Gasteiger charge is -2.38. The molecule has 0 saturated carbocycles. The molecule has 24 heavy (non-hydrogen) atoms. The molecule has 3 atom stereocenters. The number of hydrogen-bond acceptors (Lipinski definition) is 3. The third-order valence-electron chi connectivity index (χ3n) is 5.85. The first-order valence-corrected chi connectivity index (χ1v) is 12.1. The topological polar surface area (TPSA) is 59.0 Å². The molecule has 5 nitrogen and oxygen atoms in total. The van der Waals surface area contributed by atoms with Crippen molar-refractivity contribution in [2.75, 3.05) is 26.9 Å². The van der Waals surface area contributed by atoms with Crippen LogP contribution in [0.3, 0.4) is 0 Å². The number of likely N-dealkylation sites (tertiary alicyclic amines) is 1. The zero-order valence-electron chi connectivity index (χ0n) is 16.6. The molecule has 3 unspecified atom stereocenters. The fourth-order valence-corrected chi connectivity index (χ4v) is 4.27. The highest BCUT2D eigenvalue weighted by molar-refractivity contribution is 6.74. The van der Waals surface area contributed by atoms with Crippen LogP contribution >= 0.6 is 0 Å². The van der Waals surface area contributed by atoms with Crippen molar-refractivity contribution in [2.24, 2.45) is 11.8 Å². The van der Waals surface area contributed by atoms with Gasteiger partial charge in [0.1, 0.15) is 0 Å². The van der Waals surface area contributed by atoms with Gasteiger partial charge in [-0.25, -0.2) is 4.79 Å². The summed E-state index contributed by atoms with van der Waals surface area (Å²) in [5.41, 5.74) is 0. The van der Waals surface area contributed by atoms with E-state index < -0.39 is 14.4 Å². The van der Waals surface area contributed by atoms with E-state index in [2.05, 4.69) is 40.8 Å². The molecule has 0 aliphatic carbocycles. The van der Waals surface area contributed by atoms with Crippen LogP contribution in [-0.2, 0) is 9.16 Å². The van der Waals surface area contributed by atoms with E-state index in [1.807, 2.05) is 0 Å². The van der Waals surface area contributed by atoms with Gasteiger partial charge in [0.15, 0.2) is 8.32 Å². The van der Waals surface area contributed by atoms with Crippen LogP contribution in [0.5, 0.6) is 0 Å². The zero-order chi connectivity index (χ0) is 18.5.